The number of aryl methyl sites for hydroxylation is 3. The third kappa shape index (κ3) is 4.82. The summed E-state index contributed by atoms with van der Waals surface area (Å²) in [5, 5.41) is 9.28. The Kier molecular flexibility index (Phi) is 6.64. The lowest BCUT2D eigenvalue weighted by atomic mass is 9.97. The predicted octanol–water partition coefficient (Wildman–Crippen LogP) is 2.10. The summed E-state index contributed by atoms with van der Waals surface area (Å²) in [6, 6.07) is 1.97. The van der Waals surface area contributed by atoms with E-state index in [0.717, 1.165) is 36.1 Å². The Hall–Kier alpha value is -2.73. The van der Waals surface area contributed by atoms with Crippen LogP contribution in [0, 0.1) is 11.3 Å². The number of H-pyrrole nitrogens is 1. The van der Waals surface area contributed by atoms with Crippen LogP contribution in [0.3, 0.4) is 0 Å². The average molecular weight is 417 g/mol. The maximum atomic E-state index is 12.5. The minimum atomic E-state index is -0.926. The summed E-state index contributed by atoms with van der Waals surface area (Å²) in [5.74, 6) is -0.443. The molecule has 0 spiro atoms. The van der Waals surface area contributed by atoms with E-state index in [1.165, 1.54) is 16.7 Å². The molecule has 0 fully saturated rings. The number of thiophene rings is 1. The first-order valence-corrected chi connectivity index (χ1v) is 10.6. The molecule has 2 aromatic rings. The fraction of sp³-hybridized carbons (Fsp3) is 0.550. The molecule has 0 saturated heterocycles. The van der Waals surface area contributed by atoms with E-state index in [1.54, 1.807) is 18.4 Å². The van der Waals surface area contributed by atoms with Crippen molar-refractivity contribution in [2.75, 3.05) is 13.6 Å². The van der Waals surface area contributed by atoms with Gasteiger partial charge in [-0.2, -0.15) is 5.26 Å². The van der Waals surface area contributed by atoms with Gasteiger partial charge in [0.2, 0.25) is 0 Å². The van der Waals surface area contributed by atoms with Gasteiger partial charge in [0.25, 0.3) is 11.5 Å². The van der Waals surface area contributed by atoms with Gasteiger partial charge in [0.1, 0.15) is 10.7 Å². The maximum Gasteiger partial charge on any atom is 0.307 e. The Bertz CT molecular complexity index is 1020. The largest absolute Gasteiger partial charge is 0.453 e. The monoisotopic (exact) mass is 416 g/mol. The van der Waals surface area contributed by atoms with Gasteiger partial charge in [0.15, 0.2) is 6.10 Å². The summed E-state index contributed by atoms with van der Waals surface area (Å²) in [5.41, 5.74) is 0.976. The van der Waals surface area contributed by atoms with Crippen LogP contribution in [0.2, 0.25) is 0 Å². The van der Waals surface area contributed by atoms with Crippen LogP contribution >= 0.6 is 11.3 Å². The van der Waals surface area contributed by atoms with Gasteiger partial charge in [-0.25, -0.2) is 4.98 Å². The smallest absolute Gasteiger partial charge is 0.307 e. The van der Waals surface area contributed by atoms with E-state index in [9.17, 15) is 14.4 Å². The van der Waals surface area contributed by atoms with Crippen LogP contribution in [0.4, 0.5) is 0 Å². The molecule has 2 aromatic heterocycles. The lowest BCUT2D eigenvalue weighted by Gasteiger charge is -2.20. The fourth-order valence-corrected chi connectivity index (χ4v) is 4.77. The Morgan fingerprint density at radius 2 is 2.14 bits per heavy atom. The lowest BCUT2D eigenvalue weighted by Crippen LogP contribution is -2.38. The van der Waals surface area contributed by atoms with E-state index >= 15 is 0 Å². The minimum absolute atomic E-state index is 0.0130. The lowest BCUT2D eigenvalue weighted by molar-refractivity contribution is -0.158. The molecule has 29 heavy (non-hydrogen) atoms. The number of likely N-dealkylation sites (N-methyl/N-ethyl adjacent to an activating group) is 1. The number of carbonyl (C=O) groups excluding carboxylic acids is 2. The molecule has 0 aromatic carbocycles. The van der Waals surface area contributed by atoms with Crippen molar-refractivity contribution in [3.05, 3.63) is 26.6 Å². The highest BCUT2D eigenvalue weighted by atomic mass is 32.1. The van der Waals surface area contributed by atoms with Gasteiger partial charge in [0, 0.05) is 24.9 Å². The molecule has 1 atom stereocenters. The number of nitrogens with zero attached hydrogens (tertiary/aromatic N) is 3. The highest BCUT2D eigenvalue weighted by Gasteiger charge is 2.22. The van der Waals surface area contributed by atoms with Crippen LogP contribution in [0.15, 0.2) is 4.79 Å². The van der Waals surface area contributed by atoms with Gasteiger partial charge in [-0.15, -0.1) is 11.3 Å². The number of hydrogen-bond acceptors (Lipinski definition) is 7. The van der Waals surface area contributed by atoms with Crippen molar-refractivity contribution in [3.63, 3.8) is 0 Å². The average Bonchev–Trinajstić information content (AvgIpc) is 3.08. The maximum absolute atomic E-state index is 12.5. The number of esters is 1. The molecule has 1 N–H and O–H groups in total. The third-order valence-corrected chi connectivity index (χ3v) is 6.22. The zero-order valence-electron chi connectivity index (χ0n) is 16.6. The Labute approximate surface area is 172 Å². The second kappa shape index (κ2) is 9.18. The Morgan fingerprint density at radius 1 is 1.38 bits per heavy atom. The third-order valence-electron chi connectivity index (χ3n) is 5.03. The SMILES string of the molecule is C[C@H](OC(=O)CCc1nc2sc3c(c2c(=O)[nH]1)CCCC3)C(=O)N(C)CCC#N. The standard InChI is InChI=1S/C20H24N4O4S/c1-12(20(27)24(2)11-5-10-21)28-16(25)9-8-15-22-18(26)17-13-6-3-4-7-14(13)29-19(17)23-15/h12H,3-9,11H2,1-2H3,(H,22,23,26)/t12-/m0/s1. The first-order chi connectivity index (χ1) is 13.9. The topological polar surface area (TPSA) is 116 Å². The molecule has 0 aliphatic heterocycles. The van der Waals surface area contributed by atoms with E-state index in [2.05, 4.69) is 9.97 Å². The number of rotatable bonds is 7. The Morgan fingerprint density at radius 3 is 2.90 bits per heavy atom. The van der Waals surface area contributed by atoms with Gasteiger partial charge in [-0.3, -0.25) is 14.4 Å². The number of aromatic nitrogens is 2. The van der Waals surface area contributed by atoms with E-state index in [1.807, 2.05) is 6.07 Å². The number of ether oxygens (including phenoxy) is 1. The summed E-state index contributed by atoms with van der Waals surface area (Å²) in [6.45, 7) is 1.79. The summed E-state index contributed by atoms with van der Waals surface area (Å²) >= 11 is 1.57. The second-order valence-electron chi connectivity index (χ2n) is 7.20. The summed E-state index contributed by atoms with van der Waals surface area (Å²) < 4.78 is 5.19. The number of nitrogens with one attached hydrogen (secondary N) is 1. The fourth-order valence-electron chi connectivity index (χ4n) is 3.49. The zero-order valence-corrected chi connectivity index (χ0v) is 17.4. The van der Waals surface area contributed by atoms with Crippen molar-refractivity contribution < 1.29 is 14.3 Å². The number of fused-ring (bicyclic) bond motifs is 3. The Balaban J connectivity index is 1.60. The number of amides is 1. The molecule has 1 aliphatic carbocycles. The number of carbonyl (C=O) groups is 2. The van der Waals surface area contributed by atoms with Crippen molar-refractivity contribution in [1.82, 2.24) is 14.9 Å². The highest BCUT2D eigenvalue weighted by molar-refractivity contribution is 7.18. The van der Waals surface area contributed by atoms with Crippen molar-refractivity contribution in [2.45, 2.75) is 58.0 Å². The van der Waals surface area contributed by atoms with Crippen LogP contribution < -0.4 is 5.56 Å². The second-order valence-corrected chi connectivity index (χ2v) is 8.29. The molecule has 0 radical (unpaired) electrons. The first-order valence-electron chi connectivity index (χ1n) is 9.75. The van der Waals surface area contributed by atoms with Gasteiger partial charge in [-0.05, 0) is 38.2 Å². The summed E-state index contributed by atoms with van der Waals surface area (Å²) in [6.07, 6.45) is 3.68. The van der Waals surface area contributed by atoms with Gasteiger partial charge >= 0.3 is 5.97 Å². The molecule has 0 saturated carbocycles. The normalized spacial score (nSPS) is 14.1. The van der Waals surface area contributed by atoms with Crippen LogP contribution in [0.25, 0.3) is 10.2 Å². The molecular formula is C20H24N4O4S. The van der Waals surface area contributed by atoms with E-state index < -0.39 is 12.1 Å². The van der Waals surface area contributed by atoms with Crippen molar-refractivity contribution in [3.8, 4) is 6.07 Å². The molecule has 0 unspecified atom stereocenters. The predicted molar refractivity (Wildman–Crippen MR) is 109 cm³/mol. The summed E-state index contributed by atoms with van der Waals surface area (Å²) in [7, 11) is 1.56. The first kappa shape index (κ1) is 21.0. The van der Waals surface area contributed by atoms with Gasteiger partial charge in [0.05, 0.1) is 24.3 Å². The number of hydrogen-bond donors (Lipinski definition) is 1. The van der Waals surface area contributed by atoms with Crippen LogP contribution in [0.1, 0.15) is 48.9 Å². The van der Waals surface area contributed by atoms with Gasteiger partial charge < -0.3 is 14.6 Å². The molecule has 2 heterocycles. The van der Waals surface area contributed by atoms with E-state index in [4.69, 9.17) is 10.00 Å². The molecule has 1 amide bonds. The number of aromatic amines is 1. The zero-order chi connectivity index (χ0) is 21.0. The van der Waals surface area contributed by atoms with Crippen LogP contribution in [0.5, 0.6) is 0 Å². The quantitative estimate of drug-likeness (QED) is 0.691. The summed E-state index contributed by atoms with van der Waals surface area (Å²) in [4.78, 5) is 47.4. The van der Waals surface area contributed by atoms with E-state index in [-0.39, 0.29) is 37.3 Å². The molecule has 9 heteroatoms. The van der Waals surface area contributed by atoms with Crippen LogP contribution in [-0.2, 0) is 33.6 Å². The molecule has 3 rings (SSSR count). The van der Waals surface area contributed by atoms with Crippen molar-refractivity contribution in [2.24, 2.45) is 0 Å². The molecule has 154 valence electrons. The van der Waals surface area contributed by atoms with Crippen molar-refractivity contribution >= 4 is 33.4 Å². The van der Waals surface area contributed by atoms with Crippen molar-refractivity contribution in [1.29, 1.82) is 5.26 Å². The number of nitriles is 1. The molecule has 8 nitrogen and oxygen atoms in total. The van der Waals surface area contributed by atoms with E-state index in [0.29, 0.717) is 11.2 Å². The van der Waals surface area contributed by atoms with Gasteiger partial charge in [-0.1, -0.05) is 0 Å². The molecule has 0 bridgehead atoms. The highest BCUT2D eigenvalue weighted by Crippen LogP contribution is 2.33. The molecular weight excluding hydrogens is 392 g/mol. The minimum Gasteiger partial charge on any atom is -0.453 e. The van der Waals surface area contributed by atoms with Crippen LogP contribution in [-0.4, -0.2) is 46.4 Å². The molecule has 1 aliphatic rings.